The SMILES string of the molecule is CN1C(=O)CN(NC(=O)C2=C(O)c3ccc(Cl)cc3S(=O)(=O)N2)C1=S. The van der Waals surface area contributed by atoms with Gasteiger partial charge in [-0.3, -0.25) is 29.6 Å². The van der Waals surface area contributed by atoms with E-state index in [1.54, 1.807) is 0 Å². The average molecular weight is 403 g/mol. The largest absolute Gasteiger partial charge is 0.505 e. The number of amides is 2. The van der Waals surface area contributed by atoms with Gasteiger partial charge < -0.3 is 5.11 Å². The van der Waals surface area contributed by atoms with E-state index < -0.39 is 27.4 Å². The Morgan fingerprint density at radius 3 is 2.72 bits per heavy atom. The fourth-order valence-corrected chi connectivity index (χ4v) is 4.06. The molecule has 2 heterocycles. The second-order valence-electron chi connectivity index (χ2n) is 5.23. The minimum Gasteiger partial charge on any atom is -0.505 e. The molecular formula is C13H11ClN4O5S2. The zero-order chi connectivity index (χ0) is 18.5. The summed E-state index contributed by atoms with van der Waals surface area (Å²) in [5.74, 6) is -1.87. The van der Waals surface area contributed by atoms with Crippen molar-refractivity contribution in [2.75, 3.05) is 13.6 Å². The first-order chi connectivity index (χ1) is 11.6. The zero-order valence-electron chi connectivity index (χ0n) is 12.6. The molecule has 3 rings (SSSR count). The molecule has 9 nitrogen and oxygen atoms in total. The standard InChI is InChI=1S/C13H11ClN4O5S2/c1-17-9(19)5-18(13(17)24)15-12(21)10-11(20)7-3-2-6(14)4-8(7)25(22,23)16-10/h2-4,16,20H,5H2,1H3,(H,15,21). The fourth-order valence-electron chi connectivity index (χ4n) is 2.30. The second-order valence-corrected chi connectivity index (χ2v) is 7.68. The monoisotopic (exact) mass is 402 g/mol. The highest BCUT2D eigenvalue weighted by atomic mass is 35.5. The van der Waals surface area contributed by atoms with E-state index in [9.17, 15) is 23.1 Å². The lowest BCUT2D eigenvalue weighted by Gasteiger charge is -2.24. The van der Waals surface area contributed by atoms with E-state index in [1.807, 2.05) is 4.72 Å². The van der Waals surface area contributed by atoms with E-state index in [4.69, 9.17) is 23.8 Å². The van der Waals surface area contributed by atoms with Crippen LogP contribution in [0.2, 0.25) is 5.02 Å². The highest BCUT2D eigenvalue weighted by Gasteiger charge is 2.36. The normalized spacial score (nSPS) is 19.0. The van der Waals surface area contributed by atoms with E-state index >= 15 is 0 Å². The number of nitrogens with one attached hydrogen (secondary N) is 2. The molecule has 2 aliphatic heterocycles. The first-order valence-corrected chi connectivity index (χ1v) is 9.04. The summed E-state index contributed by atoms with van der Waals surface area (Å²) in [5.41, 5.74) is 1.64. The molecule has 0 unspecified atom stereocenters. The van der Waals surface area contributed by atoms with E-state index in [1.165, 1.54) is 19.2 Å². The maximum Gasteiger partial charge on any atom is 0.290 e. The van der Waals surface area contributed by atoms with E-state index in [0.29, 0.717) is 0 Å². The molecule has 0 saturated carbocycles. The Kier molecular flexibility index (Phi) is 4.09. The molecule has 0 aromatic heterocycles. The number of benzene rings is 1. The Hall–Kier alpha value is -2.37. The van der Waals surface area contributed by atoms with E-state index in [-0.39, 0.29) is 33.0 Å². The second kappa shape index (κ2) is 5.86. The van der Waals surface area contributed by atoms with Gasteiger partial charge in [0.25, 0.3) is 15.9 Å². The number of aliphatic hydroxyl groups excluding tert-OH is 1. The lowest BCUT2D eigenvalue weighted by Crippen LogP contribution is -2.48. The van der Waals surface area contributed by atoms with Crippen molar-refractivity contribution in [3.63, 3.8) is 0 Å². The van der Waals surface area contributed by atoms with Crippen molar-refractivity contribution in [3.8, 4) is 0 Å². The van der Waals surface area contributed by atoms with E-state index in [2.05, 4.69) is 5.43 Å². The maximum atomic E-state index is 12.4. The van der Waals surface area contributed by atoms with Gasteiger partial charge in [0.1, 0.15) is 6.54 Å². The Balaban J connectivity index is 1.96. The van der Waals surface area contributed by atoms with Gasteiger partial charge in [0.15, 0.2) is 16.6 Å². The molecule has 1 fully saturated rings. The number of carbonyl (C=O) groups is 2. The average Bonchev–Trinajstić information content (AvgIpc) is 2.78. The van der Waals surface area contributed by atoms with Crippen LogP contribution in [0, 0.1) is 0 Å². The van der Waals surface area contributed by atoms with Crippen LogP contribution in [0.4, 0.5) is 0 Å². The van der Waals surface area contributed by atoms with Crippen molar-refractivity contribution in [1.82, 2.24) is 20.1 Å². The van der Waals surface area contributed by atoms with Crippen LogP contribution in [0.3, 0.4) is 0 Å². The molecule has 0 spiro atoms. The quantitative estimate of drug-likeness (QED) is 0.593. The minimum atomic E-state index is -4.10. The predicted molar refractivity (Wildman–Crippen MR) is 91.5 cm³/mol. The number of likely N-dealkylation sites (N-methyl/N-ethyl adjacent to an activating group) is 1. The Bertz CT molecular complexity index is 959. The number of hydrazine groups is 1. The molecule has 0 aliphatic carbocycles. The molecular weight excluding hydrogens is 392 g/mol. The van der Waals surface area contributed by atoms with Gasteiger partial charge in [0.2, 0.25) is 5.91 Å². The first-order valence-electron chi connectivity index (χ1n) is 6.77. The molecule has 0 atom stereocenters. The lowest BCUT2D eigenvalue weighted by molar-refractivity contribution is -0.125. The Morgan fingerprint density at radius 2 is 2.12 bits per heavy atom. The van der Waals surface area contributed by atoms with E-state index in [0.717, 1.165) is 16.0 Å². The van der Waals surface area contributed by atoms with Gasteiger partial charge in [-0.05, 0) is 30.4 Å². The summed E-state index contributed by atoms with van der Waals surface area (Å²) in [4.78, 5) is 24.9. The predicted octanol–water partition coefficient (Wildman–Crippen LogP) is -0.0514. The van der Waals surface area contributed by atoms with Crippen LogP contribution in [0.5, 0.6) is 0 Å². The molecule has 1 aromatic rings. The van der Waals surface area contributed by atoms with Crippen LogP contribution < -0.4 is 10.1 Å². The molecule has 1 aromatic carbocycles. The molecule has 0 bridgehead atoms. The number of rotatable bonds is 2. The number of carbonyl (C=O) groups excluding carboxylic acids is 2. The summed E-state index contributed by atoms with van der Waals surface area (Å²) in [6.07, 6.45) is 0. The van der Waals surface area contributed by atoms with Crippen LogP contribution in [0.15, 0.2) is 28.8 Å². The number of sulfonamides is 1. The van der Waals surface area contributed by atoms with Gasteiger partial charge in [-0.15, -0.1) is 0 Å². The third kappa shape index (κ3) is 2.90. The molecule has 132 valence electrons. The summed E-state index contributed by atoms with van der Waals surface area (Å²) in [7, 11) is -2.66. The third-order valence-corrected chi connectivity index (χ3v) is 5.73. The molecule has 12 heteroatoms. The van der Waals surface area contributed by atoms with Crippen molar-refractivity contribution in [2.45, 2.75) is 4.90 Å². The lowest BCUT2D eigenvalue weighted by atomic mass is 10.1. The van der Waals surface area contributed by atoms with Crippen molar-refractivity contribution in [2.24, 2.45) is 0 Å². The maximum absolute atomic E-state index is 12.4. The minimum absolute atomic E-state index is 0.0456. The summed E-state index contributed by atoms with van der Waals surface area (Å²) >= 11 is 10.8. The summed E-state index contributed by atoms with van der Waals surface area (Å²) in [5, 5.41) is 11.6. The van der Waals surface area contributed by atoms with Crippen LogP contribution in [0.25, 0.3) is 5.76 Å². The zero-order valence-corrected chi connectivity index (χ0v) is 15.0. The van der Waals surface area contributed by atoms with Crippen LogP contribution >= 0.6 is 23.8 Å². The topological polar surface area (TPSA) is 119 Å². The molecule has 2 amide bonds. The highest BCUT2D eigenvalue weighted by molar-refractivity contribution is 7.89. The van der Waals surface area contributed by atoms with Gasteiger partial charge >= 0.3 is 0 Å². The smallest absolute Gasteiger partial charge is 0.290 e. The number of thiocarbonyl (C=S) groups is 1. The highest BCUT2D eigenvalue weighted by Crippen LogP contribution is 2.31. The number of halogens is 1. The van der Waals surface area contributed by atoms with Crippen LogP contribution in [0.1, 0.15) is 5.56 Å². The summed E-state index contributed by atoms with van der Waals surface area (Å²) < 4.78 is 26.6. The number of nitrogens with zero attached hydrogens (tertiary/aromatic N) is 2. The Labute approximate surface area is 152 Å². The third-order valence-electron chi connectivity index (χ3n) is 3.61. The fraction of sp³-hybridized carbons (Fsp3) is 0.154. The van der Waals surface area contributed by atoms with Gasteiger partial charge in [-0.1, -0.05) is 11.6 Å². The van der Waals surface area contributed by atoms with Crippen molar-refractivity contribution in [1.29, 1.82) is 0 Å². The Morgan fingerprint density at radius 1 is 1.44 bits per heavy atom. The van der Waals surface area contributed by atoms with Crippen LogP contribution in [-0.4, -0.2) is 54.0 Å². The molecule has 2 aliphatic rings. The number of aliphatic hydroxyl groups is 1. The van der Waals surface area contributed by atoms with Crippen molar-refractivity contribution in [3.05, 3.63) is 34.5 Å². The molecule has 3 N–H and O–H groups in total. The summed E-state index contributed by atoms with van der Waals surface area (Å²) in [6, 6.07) is 3.83. The van der Waals surface area contributed by atoms with Crippen LogP contribution in [-0.2, 0) is 19.6 Å². The van der Waals surface area contributed by atoms with Gasteiger partial charge in [-0.2, -0.15) is 0 Å². The molecule has 0 radical (unpaired) electrons. The number of fused-ring (bicyclic) bond motifs is 1. The van der Waals surface area contributed by atoms with Gasteiger partial charge in [-0.25, -0.2) is 8.42 Å². The number of hydrogen-bond acceptors (Lipinski definition) is 6. The van der Waals surface area contributed by atoms with Crippen molar-refractivity contribution >= 4 is 56.5 Å². The number of hydrogen-bond donors (Lipinski definition) is 3. The van der Waals surface area contributed by atoms with Gasteiger partial charge in [0, 0.05) is 17.6 Å². The van der Waals surface area contributed by atoms with Crippen molar-refractivity contribution < 1.29 is 23.1 Å². The molecule has 25 heavy (non-hydrogen) atoms. The first kappa shape index (κ1) is 17.5. The van der Waals surface area contributed by atoms with Gasteiger partial charge in [0.05, 0.1) is 4.90 Å². The molecule has 1 saturated heterocycles. The summed E-state index contributed by atoms with van der Waals surface area (Å²) in [6.45, 7) is -0.200.